The molecule has 0 bridgehead atoms. The average Bonchev–Trinajstić information content (AvgIpc) is 3.53. The lowest BCUT2D eigenvalue weighted by atomic mass is 10.1. The second-order valence-electron chi connectivity index (χ2n) is 8.25. The highest BCUT2D eigenvalue weighted by Crippen LogP contribution is 2.39. The molecule has 0 radical (unpaired) electrons. The predicted molar refractivity (Wildman–Crippen MR) is 111 cm³/mol. The normalized spacial score (nSPS) is 15.8. The van der Waals surface area contributed by atoms with Crippen LogP contribution in [0.5, 0.6) is 0 Å². The first-order chi connectivity index (χ1) is 16.2. The Morgan fingerprint density at radius 1 is 1.17 bits per heavy atom. The number of nitriles is 1. The maximum atomic E-state index is 13.2. The summed E-state index contributed by atoms with van der Waals surface area (Å²) >= 11 is 0. The summed E-state index contributed by atoms with van der Waals surface area (Å²) in [4.78, 5) is 7.43. The number of rotatable bonds is 6. The van der Waals surface area contributed by atoms with Crippen molar-refractivity contribution in [3.63, 3.8) is 0 Å². The van der Waals surface area contributed by atoms with Crippen LogP contribution in [0, 0.1) is 17.2 Å². The molecule has 1 aliphatic rings. The fourth-order valence-electron chi connectivity index (χ4n) is 3.54. The van der Waals surface area contributed by atoms with Gasteiger partial charge in [0.1, 0.15) is 22.7 Å². The maximum Gasteiger partial charge on any atom is 0.417 e. The van der Waals surface area contributed by atoms with E-state index in [1.54, 1.807) is 4.57 Å². The molecule has 3 aromatic rings. The van der Waals surface area contributed by atoms with Crippen molar-refractivity contribution in [3.05, 3.63) is 41.7 Å². The predicted octanol–water partition coefficient (Wildman–Crippen LogP) is 4.63. The lowest BCUT2D eigenvalue weighted by Gasteiger charge is -2.17. The molecule has 0 aliphatic heterocycles. The number of hydrogen-bond acceptors (Lipinski definition) is 5. The van der Waals surface area contributed by atoms with Crippen molar-refractivity contribution in [1.29, 1.82) is 5.26 Å². The number of pyridine rings is 2. The smallest absolute Gasteiger partial charge is 0.323 e. The van der Waals surface area contributed by atoms with Crippen molar-refractivity contribution in [2.75, 3.05) is 0 Å². The van der Waals surface area contributed by atoms with Crippen molar-refractivity contribution in [2.24, 2.45) is 5.92 Å². The number of halogens is 6. The van der Waals surface area contributed by atoms with Gasteiger partial charge >= 0.3 is 12.4 Å². The van der Waals surface area contributed by atoms with Gasteiger partial charge in [-0.1, -0.05) is 0 Å². The Balaban J connectivity index is 1.81. The monoisotopic (exact) mass is 517 g/mol. The summed E-state index contributed by atoms with van der Waals surface area (Å²) < 4.78 is 106. The van der Waals surface area contributed by atoms with E-state index >= 15 is 0 Å². The van der Waals surface area contributed by atoms with Gasteiger partial charge in [-0.3, -0.25) is 4.98 Å². The Morgan fingerprint density at radius 2 is 1.86 bits per heavy atom. The van der Waals surface area contributed by atoms with Crippen molar-refractivity contribution in [2.45, 2.75) is 49.6 Å². The first-order valence-electron chi connectivity index (χ1n) is 10.3. The van der Waals surface area contributed by atoms with Crippen LogP contribution in [0.2, 0.25) is 0 Å². The topological polar surface area (TPSA) is 101 Å². The third-order valence-corrected chi connectivity index (χ3v) is 7.11. The third-order valence-electron chi connectivity index (χ3n) is 5.59. The Labute approximate surface area is 195 Å². The number of aromatic nitrogens is 3. The molecular weight excluding hydrogens is 500 g/mol. The van der Waals surface area contributed by atoms with Crippen molar-refractivity contribution < 1.29 is 34.8 Å². The van der Waals surface area contributed by atoms with Crippen LogP contribution in [-0.2, 0) is 22.7 Å². The molecule has 1 unspecified atom stereocenters. The summed E-state index contributed by atoms with van der Waals surface area (Å²) in [6.45, 7) is 1.01. The van der Waals surface area contributed by atoms with E-state index < -0.39 is 38.9 Å². The van der Waals surface area contributed by atoms with Crippen molar-refractivity contribution >= 4 is 21.1 Å². The highest BCUT2D eigenvalue weighted by atomic mass is 32.2. The molecule has 3 aromatic heterocycles. The number of fused-ring (bicyclic) bond motifs is 1. The van der Waals surface area contributed by atoms with E-state index in [-0.39, 0.29) is 33.9 Å². The van der Waals surface area contributed by atoms with Crippen LogP contribution in [0.4, 0.5) is 26.3 Å². The summed E-state index contributed by atoms with van der Waals surface area (Å²) in [5.41, 5.74) is -0.781. The molecular formula is C21H17F6N5O2S. The fourth-order valence-corrected chi connectivity index (χ4v) is 4.72. The van der Waals surface area contributed by atoms with Gasteiger partial charge in [-0.05, 0) is 43.9 Å². The molecule has 0 spiro atoms. The molecule has 0 aromatic carbocycles. The molecule has 186 valence electrons. The minimum Gasteiger partial charge on any atom is -0.323 e. The lowest BCUT2D eigenvalue weighted by Crippen LogP contribution is -2.42. The Bertz CT molecular complexity index is 1420. The number of nitrogens with zero attached hydrogens (tertiary/aromatic N) is 4. The summed E-state index contributed by atoms with van der Waals surface area (Å²) in [5.74, 6) is 0.229. The van der Waals surface area contributed by atoms with Gasteiger partial charge in [0.15, 0.2) is 0 Å². The van der Waals surface area contributed by atoms with Gasteiger partial charge in [0.05, 0.1) is 22.5 Å². The minimum absolute atomic E-state index is 0.0304. The molecule has 14 heteroatoms. The summed E-state index contributed by atoms with van der Waals surface area (Å²) in [7, 11) is -4.56. The van der Waals surface area contributed by atoms with E-state index in [2.05, 4.69) is 9.97 Å². The van der Waals surface area contributed by atoms with Crippen LogP contribution in [0.1, 0.15) is 30.9 Å². The number of hydrogen-bond donors (Lipinski definition) is 1. The molecule has 0 saturated heterocycles. The van der Waals surface area contributed by atoms with Gasteiger partial charge in [-0.2, -0.15) is 36.3 Å². The minimum atomic E-state index is -4.80. The van der Waals surface area contributed by atoms with Crippen molar-refractivity contribution in [1.82, 2.24) is 19.3 Å². The van der Waals surface area contributed by atoms with Crippen LogP contribution in [0.15, 0.2) is 35.5 Å². The molecule has 1 saturated carbocycles. The van der Waals surface area contributed by atoms with Crippen LogP contribution >= 0.6 is 0 Å². The van der Waals surface area contributed by atoms with Crippen LogP contribution in [0.25, 0.3) is 22.4 Å². The Hall–Kier alpha value is -3.18. The molecule has 7 nitrogen and oxygen atoms in total. The molecule has 4 rings (SSSR count). The zero-order valence-electron chi connectivity index (χ0n) is 17.9. The first kappa shape index (κ1) is 24.9. The van der Waals surface area contributed by atoms with E-state index in [0.717, 1.165) is 31.2 Å². The zero-order valence-corrected chi connectivity index (χ0v) is 18.8. The van der Waals surface area contributed by atoms with Gasteiger partial charge in [-0.25, -0.2) is 13.4 Å². The highest BCUT2D eigenvalue weighted by Gasteiger charge is 2.39. The summed E-state index contributed by atoms with van der Waals surface area (Å²) in [6.07, 6.45) is -6.21. The third kappa shape index (κ3) is 4.96. The first-order valence-corrected chi connectivity index (χ1v) is 11.8. The summed E-state index contributed by atoms with van der Waals surface area (Å²) in [6, 6.07) is 2.59. The van der Waals surface area contributed by atoms with E-state index in [0.29, 0.717) is 19.7 Å². The van der Waals surface area contributed by atoms with Crippen molar-refractivity contribution in [3.8, 4) is 17.5 Å². The van der Waals surface area contributed by atoms with Crippen LogP contribution < -0.4 is 4.72 Å². The van der Waals surface area contributed by atoms with Gasteiger partial charge in [0.2, 0.25) is 10.0 Å². The maximum absolute atomic E-state index is 13.2. The molecule has 1 fully saturated rings. The van der Waals surface area contributed by atoms with E-state index in [4.69, 9.17) is 0 Å². The quantitative estimate of drug-likeness (QED) is 0.481. The largest absolute Gasteiger partial charge is 0.417 e. The van der Waals surface area contributed by atoms with Gasteiger partial charge in [-0.15, -0.1) is 0 Å². The zero-order chi connectivity index (χ0) is 25.8. The Kier molecular flexibility index (Phi) is 6.05. The molecule has 1 atom stereocenters. The second-order valence-corrected chi connectivity index (χ2v) is 9.96. The molecule has 1 N–H and O–H groups in total. The lowest BCUT2D eigenvalue weighted by molar-refractivity contribution is -0.147. The van der Waals surface area contributed by atoms with Crippen LogP contribution in [-0.4, -0.2) is 35.2 Å². The van der Waals surface area contributed by atoms with E-state index in [1.807, 2.05) is 6.07 Å². The molecule has 3 heterocycles. The van der Waals surface area contributed by atoms with E-state index in [9.17, 15) is 40.0 Å². The fraction of sp³-hybridized carbons (Fsp3) is 0.381. The second kappa shape index (κ2) is 8.49. The standard InChI is InChI=1S/C21H17F6N5O2S/c1-11(20(22,23)24)31-35(33,34)14-4-5-17(29-9-14)18-16(7-28)15-6-13(21(25,26)27)8-30-19(15)32(18)10-12-2-3-12/h4-6,8-9,11-12,31H,2-3,10H2,1H3. The van der Waals surface area contributed by atoms with E-state index in [1.165, 1.54) is 10.8 Å². The number of nitrogens with one attached hydrogen (secondary N) is 1. The Morgan fingerprint density at radius 3 is 2.37 bits per heavy atom. The molecule has 0 amide bonds. The van der Waals surface area contributed by atoms with Gasteiger partial charge in [0, 0.05) is 24.3 Å². The number of sulfonamides is 1. The average molecular weight is 517 g/mol. The van der Waals surface area contributed by atoms with Crippen LogP contribution in [0.3, 0.4) is 0 Å². The molecule has 1 aliphatic carbocycles. The van der Waals surface area contributed by atoms with Gasteiger partial charge in [0.25, 0.3) is 0 Å². The number of alkyl halides is 6. The SMILES string of the molecule is CC(NS(=O)(=O)c1ccc(-c2c(C#N)c3cc(C(F)(F)F)cnc3n2CC2CC2)nc1)C(F)(F)F. The van der Waals surface area contributed by atoms with Gasteiger partial charge < -0.3 is 4.57 Å². The molecule has 35 heavy (non-hydrogen) atoms. The summed E-state index contributed by atoms with van der Waals surface area (Å²) in [5, 5.41) is 9.75. The highest BCUT2D eigenvalue weighted by molar-refractivity contribution is 7.89.